The molecule has 0 fully saturated rings. The van der Waals surface area contributed by atoms with Gasteiger partial charge in [-0.3, -0.25) is 9.35 Å². The Bertz CT molecular complexity index is 1030. The molecule has 0 aliphatic rings. The van der Waals surface area contributed by atoms with Gasteiger partial charge in [-0.15, -0.1) is 0 Å². The van der Waals surface area contributed by atoms with Gasteiger partial charge in [-0.25, -0.2) is 0 Å². The first-order valence-electron chi connectivity index (χ1n) is 8.82. The van der Waals surface area contributed by atoms with Gasteiger partial charge in [-0.2, -0.15) is 8.42 Å². The minimum atomic E-state index is -4.02. The van der Waals surface area contributed by atoms with Crippen molar-refractivity contribution in [3.8, 4) is 0 Å². The zero-order valence-electron chi connectivity index (χ0n) is 16.0. The van der Waals surface area contributed by atoms with E-state index in [1.165, 1.54) is 12.1 Å². The lowest BCUT2D eigenvalue weighted by atomic mass is 10.1. The molecule has 0 aliphatic carbocycles. The molecule has 3 rings (SSSR count). The summed E-state index contributed by atoms with van der Waals surface area (Å²) in [5.41, 5.74) is 9.11. The Morgan fingerprint density at radius 1 is 0.931 bits per heavy atom. The highest BCUT2D eigenvalue weighted by atomic mass is 32.2. The van der Waals surface area contributed by atoms with E-state index < -0.39 is 10.1 Å². The van der Waals surface area contributed by atoms with Crippen LogP contribution in [0.25, 0.3) is 0 Å². The summed E-state index contributed by atoms with van der Waals surface area (Å²) in [5.74, 6) is -0.246. The van der Waals surface area contributed by atoms with Gasteiger partial charge in [0.2, 0.25) is 0 Å². The second kappa shape index (κ2) is 10.4. The monoisotopic (exact) mass is 413 g/mol. The van der Waals surface area contributed by atoms with Crippen molar-refractivity contribution >= 4 is 21.8 Å². The average molecular weight is 413 g/mol. The summed E-state index contributed by atoms with van der Waals surface area (Å²) in [6, 6.07) is 22.9. The molecule has 0 aliphatic heterocycles. The largest absolute Gasteiger partial charge is 0.461 e. The molecule has 3 N–H and O–H groups in total. The third-order valence-corrected chi connectivity index (χ3v) is 4.73. The van der Waals surface area contributed by atoms with Gasteiger partial charge < -0.3 is 10.5 Å². The fourth-order valence-corrected chi connectivity index (χ4v) is 2.85. The summed E-state index contributed by atoms with van der Waals surface area (Å²) in [7, 11) is -4.02. The minimum Gasteiger partial charge on any atom is -0.461 e. The molecule has 0 spiro atoms. The van der Waals surface area contributed by atoms with Crippen molar-refractivity contribution in [2.75, 3.05) is 5.73 Å². The molecule has 0 aromatic heterocycles. The standard InChI is InChI=1S/C15H15NO2.C7H8O3S/c16-14-8-4-7-13(9-14)10-15(17)18-11-12-5-2-1-3-6-12;1-6-2-4-7(5-3-6)11(8,9)10/h1-9H,10-11,16H2;2-5H,1H3,(H,8,9,10). The van der Waals surface area contributed by atoms with E-state index in [0.717, 1.165) is 16.7 Å². The number of aryl methyl sites for hydroxylation is 1. The Balaban J connectivity index is 0.000000234. The number of hydrogen-bond donors (Lipinski definition) is 2. The zero-order chi connectivity index (χ0) is 21.3. The van der Waals surface area contributed by atoms with Crippen LogP contribution in [0.1, 0.15) is 16.7 Å². The number of rotatable bonds is 5. The molecular formula is C22H23NO5S. The second-order valence-corrected chi connectivity index (χ2v) is 7.78. The fourth-order valence-electron chi connectivity index (χ4n) is 2.37. The first-order chi connectivity index (χ1) is 13.7. The van der Waals surface area contributed by atoms with Crippen molar-refractivity contribution in [1.29, 1.82) is 0 Å². The van der Waals surface area contributed by atoms with Crippen molar-refractivity contribution in [3.63, 3.8) is 0 Å². The van der Waals surface area contributed by atoms with E-state index in [4.69, 9.17) is 15.0 Å². The molecule has 29 heavy (non-hydrogen) atoms. The smallest absolute Gasteiger partial charge is 0.310 e. The number of carbonyl (C=O) groups is 1. The summed E-state index contributed by atoms with van der Waals surface area (Å²) in [5, 5.41) is 0. The summed E-state index contributed by atoms with van der Waals surface area (Å²) in [6.45, 7) is 2.15. The van der Waals surface area contributed by atoms with E-state index in [2.05, 4.69) is 0 Å². The molecule has 3 aromatic carbocycles. The maximum absolute atomic E-state index is 11.6. The molecule has 0 heterocycles. The highest BCUT2D eigenvalue weighted by molar-refractivity contribution is 7.85. The van der Waals surface area contributed by atoms with Crippen LogP contribution in [0.15, 0.2) is 83.8 Å². The number of benzene rings is 3. The molecule has 3 aromatic rings. The van der Waals surface area contributed by atoms with Crippen LogP contribution in [0, 0.1) is 6.92 Å². The van der Waals surface area contributed by atoms with Crippen LogP contribution < -0.4 is 5.73 Å². The van der Waals surface area contributed by atoms with Gasteiger partial charge in [0, 0.05) is 5.69 Å². The third-order valence-electron chi connectivity index (χ3n) is 3.86. The molecule has 7 heteroatoms. The van der Waals surface area contributed by atoms with Gasteiger partial charge in [0.05, 0.1) is 11.3 Å². The molecule has 152 valence electrons. The van der Waals surface area contributed by atoms with Gasteiger partial charge >= 0.3 is 5.97 Å². The van der Waals surface area contributed by atoms with Crippen molar-refractivity contribution < 1.29 is 22.5 Å². The highest BCUT2D eigenvalue weighted by Gasteiger charge is 2.07. The number of hydrogen-bond acceptors (Lipinski definition) is 5. The molecule has 0 amide bonds. The van der Waals surface area contributed by atoms with Crippen LogP contribution >= 0.6 is 0 Å². The predicted molar refractivity (Wildman–Crippen MR) is 112 cm³/mol. The van der Waals surface area contributed by atoms with E-state index in [0.29, 0.717) is 12.3 Å². The molecule has 0 bridgehead atoms. The predicted octanol–water partition coefficient (Wildman–Crippen LogP) is 3.80. The summed E-state index contributed by atoms with van der Waals surface area (Å²) >= 11 is 0. The number of esters is 1. The number of carbonyl (C=O) groups excluding carboxylic acids is 1. The van der Waals surface area contributed by atoms with Crippen LogP contribution in [-0.4, -0.2) is 18.9 Å². The van der Waals surface area contributed by atoms with Crippen molar-refractivity contribution in [3.05, 3.63) is 95.6 Å². The number of anilines is 1. The van der Waals surface area contributed by atoms with Crippen molar-refractivity contribution in [2.45, 2.75) is 24.8 Å². The van der Waals surface area contributed by atoms with Crippen molar-refractivity contribution in [1.82, 2.24) is 0 Å². The topological polar surface area (TPSA) is 107 Å². The normalized spacial score (nSPS) is 10.6. The SMILES string of the molecule is Cc1ccc(S(=O)(=O)O)cc1.Nc1cccc(CC(=O)OCc2ccccc2)c1. The van der Waals surface area contributed by atoms with Crippen LogP contribution in [0.5, 0.6) is 0 Å². The van der Waals surface area contributed by atoms with Gasteiger partial charge in [0.25, 0.3) is 10.1 Å². The average Bonchev–Trinajstić information content (AvgIpc) is 2.67. The summed E-state index contributed by atoms with van der Waals surface area (Å²) in [4.78, 5) is 11.6. The third kappa shape index (κ3) is 8.16. The molecule has 0 unspecified atom stereocenters. The molecule has 6 nitrogen and oxygen atoms in total. The lowest BCUT2D eigenvalue weighted by Gasteiger charge is -2.05. The van der Waals surface area contributed by atoms with Gasteiger partial charge in [-0.1, -0.05) is 60.2 Å². The second-order valence-electron chi connectivity index (χ2n) is 6.36. The molecule has 0 atom stereocenters. The Hall–Kier alpha value is -3.16. The minimum absolute atomic E-state index is 0.0666. The first kappa shape index (κ1) is 22.1. The first-order valence-corrected chi connectivity index (χ1v) is 10.3. The molecule has 0 saturated heterocycles. The van der Waals surface area contributed by atoms with Crippen LogP contribution in [0.3, 0.4) is 0 Å². The quantitative estimate of drug-likeness (QED) is 0.374. The van der Waals surface area contributed by atoms with Crippen LogP contribution in [0.2, 0.25) is 0 Å². The zero-order valence-corrected chi connectivity index (χ0v) is 16.8. The number of nitrogen functional groups attached to an aromatic ring is 1. The Morgan fingerprint density at radius 2 is 1.55 bits per heavy atom. The van der Waals surface area contributed by atoms with E-state index in [-0.39, 0.29) is 17.3 Å². The fraction of sp³-hybridized carbons (Fsp3) is 0.136. The van der Waals surface area contributed by atoms with E-state index in [1.807, 2.05) is 49.4 Å². The van der Waals surface area contributed by atoms with E-state index in [1.54, 1.807) is 24.3 Å². The Morgan fingerprint density at radius 3 is 2.14 bits per heavy atom. The lowest BCUT2D eigenvalue weighted by molar-refractivity contribution is -0.144. The Labute approximate surface area is 170 Å². The van der Waals surface area contributed by atoms with Crippen LogP contribution in [-0.2, 0) is 32.7 Å². The maximum Gasteiger partial charge on any atom is 0.310 e. The van der Waals surface area contributed by atoms with Gasteiger partial charge in [-0.05, 0) is 42.3 Å². The van der Waals surface area contributed by atoms with E-state index in [9.17, 15) is 13.2 Å². The van der Waals surface area contributed by atoms with Gasteiger partial charge in [0.15, 0.2) is 0 Å². The number of nitrogens with two attached hydrogens (primary N) is 1. The van der Waals surface area contributed by atoms with Crippen LogP contribution in [0.4, 0.5) is 5.69 Å². The van der Waals surface area contributed by atoms with E-state index >= 15 is 0 Å². The molecule has 0 radical (unpaired) electrons. The maximum atomic E-state index is 11.6. The van der Waals surface area contributed by atoms with Gasteiger partial charge in [0.1, 0.15) is 6.61 Å². The summed E-state index contributed by atoms with van der Waals surface area (Å²) < 4.78 is 34.7. The lowest BCUT2D eigenvalue weighted by Crippen LogP contribution is -2.08. The Kier molecular flexibility index (Phi) is 7.94. The number of ether oxygens (including phenoxy) is 1. The molecular weight excluding hydrogens is 390 g/mol. The van der Waals surface area contributed by atoms with Crippen molar-refractivity contribution in [2.24, 2.45) is 0 Å². The summed E-state index contributed by atoms with van der Waals surface area (Å²) in [6.07, 6.45) is 0.248. The highest BCUT2D eigenvalue weighted by Crippen LogP contribution is 2.09. The molecule has 0 saturated carbocycles.